The third-order valence-corrected chi connectivity index (χ3v) is 6.47. The fraction of sp³-hybridized carbons (Fsp3) is 0.444. The predicted octanol–water partition coefficient (Wildman–Crippen LogP) is 7.14. The highest BCUT2D eigenvalue weighted by molar-refractivity contribution is 7.72. The average Bonchev–Trinajstić information content (AvgIpc) is 2.67. The first kappa shape index (κ1) is 25.1. The van der Waals surface area contributed by atoms with Crippen molar-refractivity contribution in [1.82, 2.24) is 0 Å². The lowest BCUT2D eigenvalue weighted by Gasteiger charge is -2.36. The van der Waals surface area contributed by atoms with Crippen LogP contribution < -0.4 is 0 Å². The number of aliphatic hydroxyl groups excluding tert-OH is 1. The molecule has 0 spiro atoms. The van der Waals surface area contributed by atoms with Gasteiger partial charge in [-0.05, 0) is 88.0 Å². The molecular weight excluding hydrogens is 404 g/mol. The van der Waals surface area contributed by atoms with E-state index >= 15 is 0 Å². The molecule has 0 aromatic heterocycles. The standard InChI is InChI=1S/C27H36O3S/c1-19-12-14-23(15-13-19)24(26-22(4)11-8-16-27(26,5)6)17-20(2)9-7-10-21(3)18-25(28)31(29)30/h9,12-15,17-18,28H,7-8,10-11,16H2,1-6H3. The molecule has 1 aromatic rings. The molecule has 4 heteroatoms. The summed E-state index contributed by atoms with van der Waals surface area (Å²) < 4.78 is 21.5. The average molecular weight is 441 g/mol. The number of aryl methyl sites for hydroxylation is 1. The Kier molecular flexibility index (Phi) is 8.84. The van der Waals surface area contributed by atoms with Crippen LogP contribution in [0, 0.1) is 12.3 Å². The van der Waals surface area contributed by atoms with Crippen molar-refractivity contribution in [3.63, 3.8) is 0 Å². The van der Waals surface area contributed by atoms with Gasteiger partial charge in [0.2, 0.25) is 10.3 Å². The van der Waals surface area contributed by atoms with E-state index in [0.717, 1.165) is 18.4 Å². The molecule has 0 bridgehead atoms. The van der Waals surface area contributed by atoms with E-state index in [1.807, 2.05) is 6.92 Å². The van der Waals surface area contributed by atoms with Crippen molar-refractivity contribution in [3.05, 3.63) is 75.9 Å². The van der Waals surface area contributed by atoms with Crippen LogP contribution in [0.1, 0.15) is 77.8 Å². The summed E-state index contributed by atoms with van der Waals surface area (Å²) in [5.41, 5.74) is 8.90. The van der Waals surface area contributed by atoms with E-state index in [1.54, 1.807) is 0 Å². The van der Waals surface area contributed by atoms with Gasteiger partial charge >= 0.3 is 0 Å². The van der Waals surface area contributed by atoms with Crippen LogP contribution >= 0.6 is 0 Å². The largest absolute Gasteiger partial charge is 0.348 e. The van der Waals surface area contributed by atoms with Gasteiger partial charge in [0, 0.05) is 0 Å². The summed E-state index contributed by atoms with van der Waals surface area (Å²) in [7, 11) is -2.57. The van der Waals surface area contributed by atoms with E-state index in [0.29, 0.717) is 6.42 Å². The second-order valence-electron chi connectivity index (χ2n) is 9.37. The molecule has 0 saturated carbocycles. The number of rotatable bonds is 7. The topological polar surface area (TPSA) is 54.4 Å². The van der Waals surface area contributed by atoms with Crippen molar-refractivity contribution >= 4 is 20.9 Å². The summed E-state index contributed by atoms with van der Waals surface area (Å²) >= 11 is 0. The van der Waals surface area contributed by atoms with Gasteiger partial charge in [-0.25, -0.2) is 0 Å². The van der Waals surface area contributed by atoms with Crippen molar-refractivity contribution in [2.75, 3.05) is 0 Å². The van der Waals surface area contributed by atoms with Gasteiger partial charge in [-0.3, -0.25) is 0 Å². The van der Waals surface area contributed by atoms with Gasteiger partial charge in [0.15, 0.2) is 5.05 Å². The number of hydrogen-bond acceptors (Lipinski definition) is 2. The second-order valence-corrected chi connectivity index (χ2v) is 10.3. The Bertz CT molecular complexity index is 1050. The SMILES string of the molecule is CC(=CCCC(C)=CC(O)=S(=O)=O)C=C(C1=C(C)CCCC1(C)C)c1ccc(C)cc1. The molecule has 0 fully saturated rings. The summed E-state index contributed by atoms with van der Waals surface area (Å²) in [6.45, 7) is 13.0. The molecule has 1 aliphatic carbocycles. The van der Waals surface area contributed by atoms with E-state index in [4.69, 9.17) is 0 Å². The smallest absolute Gasteiger partial charge is 0.244 e. The highest BCUT2D eigenvalue weighted by Crippen LogP contribution is 2.47. The maximum atomic E-state index is 10.8. The van der Waals surface area contributed by atoms with Gasteiger partial charge < -0.3 is 5.11 Å². The van der Waals surface area contributed by atoms with E-state index in [9.17, 15) is 13.5 Å². The minimum absolute atomic E-state index is 0.139. The highest BCUT2D eigenvalue weighted by Gasteiger charge is 2.31. The monoisotopic (exact) mass is 440 g/mol. The Hall–Kier alpha value is -2.17. The Morgan fingerprint density at radius 2 is 1.74 bits per heavy atom. The maximum Gasteiger partial charge on any atom is 0.244 e. The molecule has 168 valence electrons. The molecule has 1 aliphatic rings. The Morgan fingerprint density at radius 3 is 2.32 bits per heavy atom. The fourth-order valence-corrected chi connectivity index (χ4v) is 4.69. The molecule has 3 nitrogen and oxygen atoms in total. The molecule has 1 N–H and O–H groups in total. The Balaban J connectivity index is 2.39. The summed E-state index contributed by atoms with van der Waals surface area (Å²) in [5.74, 6) is 0. The van der Waals surface area contributed by atoms with E-state index < -0.39 is 15.3 Å². The quantitative estimate of drug-likeness (QED) is 0.278. The van der Waals surface area contributed by atoms with Crippen LogP contribution in [0.5, 0.6) is 0 Å². The van der Waals surface area contributed by atoms with Gasteiger partial charge in [-0.2, -0.15) is 8.42 Å². The van der Waals surface area contributed by atoms with Crippen LogP contribution in [0.25, 0.3) is 5.57 Å². The Labute approximate surface area is 189 Å². The highest BCUT2D eigenvalue weighted by atomic mass is 32.2. The maximum absolute atomic E-state index is 10.8. The third kappa shape index (κ3) is 7.19. The molecule has 0 heterocycles. The Morgan fingerprint density at radius 1 is 1.10 bits per heavy atom. The molecule has 1 aromatic carbocycles. The lowest BCUT2D eigenvalue weighted by Crippen LogP contribution is -2.21. The van der Waals surface area contributed by atoms with Crippen LogP contribution in [-0.4, -0.2) is 18.6 Å². The van der Waals surface area contributed by atoms with Crippen molar-refractivity contribution in [3.8, 4) is 0 Å². The van der Waals surface area contributed by atoms with Crippen molar-refractivity contribution in [1.29, 1.82) is 0 Å². The number of hydrogen-bond donors (Lipinski definition) is 1. The van der Waals surface area contributed by atoms with E-state index in [2.05, 4.69) is 71.0 Å². The molecule has 0 unspecified atom stereocenters. The lowest BCUT2D eigenvalue weighted by molar-refractivity contribution is 0.379. The minimum Gasteiger partial charge on any atom is -0.348 e. The zero-order valence-corrected chi connectivity index (χ0v) is 20.6. The van der Waals surface area contributed by atoms with Crippen LogP contribution in [-0.2, 0) is 10.3 Å². The molecule has 0 aliphatic heterocycles. The van der Waals surface area contributed by atoms with E-state index in [1.165, 1.54) is 52.3 Å². The van der Waals surface area contributed by atoms with Crippen LogP contribution in [0.3, 0.4) is 0 Å². The number of allylic oxidation sites excluding steroid dienone is 7. The van der Waals surface area contributed by atoms with Crippen LogP contribution in [0.2, 0.25) is 0 Å². The zero-order valence-electron chi connectivity index (χ0n) is 19.7. The third-order valence-electron chi connectivity index (χ3n) is 6.01. The van der Waals surface area contributed by atoms with Gasteiger partial charge in [0.1, 0.15) is 0 Å². The first-order chi connectivity index (χ1) is 14.5. The first-order valence-corrected chi connectivity index (χ1v) is 12.1. The summed E-state index contributed by atoms with van der Waals surface area (Å²) in [6.07, 6.45) is 10.9. The molecule has 0 radical (unpaired) electrons. The van der Waals surface area contributed by atoms with Crippen LogP contribution in [0.15, 0.2) is 64.8 Å². The van der Waals surface area contributed by atoms with Crippen molar-refractivity contribution in [2.45, 2.75) is 73.6 Å². The van der Waals surface area contributed by atoms with Gasteiger partial charge in [0.05, 0.1) is 0 Å². The molecule has 0 atom stereocenters. The van der Waals surface area contributed by atoms with Crippen molar-refractivity contribution in [2.24, 2.45) is 5.41 Å². The van der Waals surface area contributed by atoms with Gasteiger partial charge in [0.25, 0.3) is 0 Å². The van der Waals surface area contributed by atoms with E-state index in [-0.39, 0.29) is 5.41 Å². The second kappa shape index (κ2) is 10.9. The normalized spacial score (nSPS) is 17.7. The summed E-state index contributed by atoms with van der Waals surface area (Å²) in [4.78, 5) is 0. The number of aliphatic hydroxyl groups is 1. The lowest BCUT2D eigenvalue weighted by atomic mass is 9.68. The first-order valence-electron chi connectivity index (χ1n) is 11.0. The summed E-state index contributed by atoms with van der Waals surface area (Å²) in [6, 6.07) is 8.78. The summed E-state index contributed by atoms with van der Waals surface area (Å²) in [5, 5.41) is 8.78. The molecule has 0 amide bonds. The molecule has 31 heavy (non-hydrogen) atoms. The van der Waals surface area contributed by atoms with Gasteiger partial charge in [-0.1, -0.05) is 72.5 Å². The van der Waals surface area contributed by atoms with Crippen LogP contribution in [0.4, 0.5) is 0 Å². The molecular formula is C27H36O3S. The molecule has 0 saturated heterocycles. The van der Waals surface area contributed by atoms with Crippen molar-refractivity contribution < 1.29 is 13.5 Å². The molecule has 2 rings (SSSR count). The minimum atomic E-state index is -2.57. The fourth-order valence-electron chi connectivity index (χ4n) is 4.40. The number of benzene rings is 1. The van der Waals surface area contributed by atoms with Gasteiger partial charge in [-0.15, -0.1) is 0 Å². The zero-order chi connectivity index (χ0) is 23.2. The predicted molar refractivity (Wildman–Crippen MR) is 133 cm³/mol.